The van der Waals surface area contributed by atoms with Crippen LogP contribution in [0.2, 0.25) is 0 Å². The van der Waals surface area contributed by atoms with Crippen molar-refractivity contribution >= 4 is 0 Å². The molecule has 108 valence electrons. The smallest absolute Gasteiger partial charge is 0.0558 e. The molecule has 0 heterocycles. The molecule has 19 heavy (non-hydrogen) atoms. The number of nitrogens with zero attached hydrogens (tertiary/aromatic N) is 1. The molecule has 1 aromatic rings. The second kappa shape index (κ2) is 8.31. The molecular formula is C16H28N2O. The van der Waals surface area contributed by atoms with Gasteiger partial charge in [0.15, 0.2) is 0 Å². The van der Waals surface area contributed by atoms with Gasteiger partial charge in [0.1, 0.15) is 0 Å². The van der Waals surface area contributed by atoms with E-state index in [2.05, 4.69) is 43.9 Å². The Hall–Kier alpha value is -0.900. The fourth-order valence-corrected chi connectivity index (χ4v) is 2.51. The monoisotopic (exact) mass is 264 g/mol. The lowest BCUT2D eigenvalue weighted by Gasteiger charge is -2.23. The number of benzene rings is 1. The van der Waals surface area contributed by atoms with Crippen molar-refractivity contribution in [1.82, 2.24) is 4.90 Å². The van der Waals surface area contributed by atoms with Crippen LogP contribution in [0.4, 0.5) is 0 Å². The molecule has 0 aromatic heterocycles. The summed E-state index contributed by atoms with van der Waals surface area (Å²) in [5.41, 5.74) is 10.0. The van der Waals surface area contributed by atoms with Gasteiger partial charge in [-0.15, -0.1) is 0 Å². The van der Waals surface area contributed by atoms with E-state index < -0.39 is 0 Å². The Balaban J connectivity index is 2.55. The van der Waals surface area contributed by atoms with E-state index >= 15 is 0 Å². The minimum absolute atomic E-state index is 0.0802. The van der Waals surface area contributed by atoms with E-state index in [4.69, 9.17) is 10.8 Å². The van der Waals surface area contributed by atoms with Crippen molar-refractivity contribution in [3.05, 3.63) is 34.9 Å². The van der Waals surface area contributed by atoms with Crippen LogP contribution in [0.1, 0.15) is 42.5 Å². The first-order chi connectivity index (χ1) is 9.06. The summed E-state index contributed by atoms with van der Waals surface area (Å²) in [5.74, 6) is 0. The van der Waals surface area contributed by atoms with E-state index in [1.807, 2.05) is 0 Å². The molecule has 3 N–H and O–H groups in total. The molecule has 0 radical (unpaired) electrons. The van der Waals surface area contributed by atoms with Crippen LogP contribution in [0.5, 0.6) is 0 Å². The van der Waals surface area contributed by atoms with Crippen LogP contribution in [0.15, 0.2) is 18.2 Å². The van der Waals surface area contributed by atoms with E-state index in [0.717, 1.165) is 32.5 Å². The molecule has 0 saturated carbocycles. The third kappa shape index (κ3) is 5.72. The van der Waals surface area contributed by atoms with E-state index in [0.29, 0.717) is 0 Å². The number of hydrogen-bond donors (Lipinski definition) is 2. The van der Waals surface area contributed by atoms with Gasteiger partial charge in [-0.3, -0.25) is 0 Å². The number of nitrogens with two attached hydrogens (primary N) is 1. The maximum Gasteiger partial charge on any atom is 0.0558 e. The molecule has 3 heteroatoms. The van der Waals surface area contributed by atoms with E-state index in [9.17, 15) is 0 Å². The molecule has 3 nitrogen and oxygen atoms in total. The van der Waals surface area contributed by atoms with Gasteiger partial charge >= 0.3 is 0 Å². The number of aryl methyl sites for hydroxylation is 2. The first-order valence-corrected chi connectivity index (χ1v) is 7.23. The molecular weight excluding hydrogens is 236 g/mol. The van der Waals surface area contributed by atoms with E-state index in [1.54, 1.807) is 0 Å². The summed E-state index contributed by atoms with van der Waals surface area (Å²) in [7, 11) is 0. The minimum Gasteiger partial charge on any atom is -0.395 e. The molecule has 1 atom stereocenters. The highest BCUT2D eigenvalue weighted by molar-refractivity contribution is 5.30. The predicted octanol–water partition coefficient (Wildman–Crippen LogP) is 2.40. The summed E-state index contributed by atoms with van der Waals surface area (Å²) < 4.78 is 0. The molecule has 1 aromatic carbocycles. The quantitative estimate of drug-likeness (QED) is 0.758. The topological polar surface area (TPSA) is 49.5 Å². The van der Waals surface area contributed by atoms with Crippen molar-refractivity contribution in [3.63, 3.8) is 0 Å². The molecule has 0 spiro atoms. The Bertz CT molecular complexity index is 353. The molecule has 0 aliphatic carbocycles. The zero-order valence-electron chi connectivity index (χ0n) is 12.5. The zero-order valence-corrected chi connectivity index (χ0v) is 12.5. The van der Waals surface area contributed by atoms with Gasteiger partial charge < -0.3 is 15.7 Å². The number of aliphatic hydroxyl groups excluding tert-OH is 1. The summed E-state index contributed by atoms with van der Waals surface area (Å²) in [6.45, 7) is 9.32. The Morgan fingerprint density at radius 1 is 1.11 bits per heavy atom. The normalized spacial score (nSPS) is 12.9. The number of aliphatic hydroxyl groups is 1. The molecule has 0 aliphatic rings. The summed E-state index contributed by atoms with van der Waals surface area (Å²) in [5, 5.41) is 9.05. The Labute approximate surface area is 117 Å². The third-order valence-electron chi connectivity index (χ3n) is 3.38. The van der Waals surface area contributed by atoms with E-state index in [-0.39, 0.29) is 12.6 Å². The lowest BCUT2D eigenvalue weighted by molar-refractivity contribution is 0.191. The van der Waals surface area contributed by atoms with Gasteiger partial charge in [-0.2, -0.15) is 0 Å². The molecule has 0 saturated heterocycles. The van der Waals surface area contributed by atoms with Crippen molar-refractivity contribution in [1.29, 1.82) is 0 Å². The lowest BCUT2D eigenvalue weighted by Crippen LogP contribution is -2.30. The number of rotatable bonds is 8. The fraction of sp³-hybridized carbons (Fsp3) is 0.625. The van der Waals surface area contributed by atoms with Gasteiger partial charge in [-0.05, 0) is 38.8 Å². The van der Waals surface area contributed by atoms with Crippen LogP contribution in [0.25, 0.3) is 0 Å². The van der Waals surface area contributed by atoms with Crippen molar-refractivity contribution in [2.75, 3.05) is 26.2 Å². The van der Waals surface area contributed by atoms with Gasteiger partial charge in [-0.1, -0.05) is 36.2 Å². The van der Waals surface area contributed by atoms with Gasteiger partial charge in [0, 0.05) is 19.1 Å². The molecule has 1 rings (SSSR count). The summed E-state index contributed by atoms with van der Waals surface area (Å²) in [4.78, 5) is 2.28. The Morgan fingerprint density at radius 3 is 2.26 bits per heavy atom. The van der Waals surface area contributed by atoms with Crippen LogP contribution >= 0.6 is 0 Å². The highest BCUT2D eigenvalue weighted by Gasteiger charge is 2.10. The third-order valence-corrected chi connectivity index (χ3v) is 3.38. The average molecular weight is 264 g/mol. The van der Waals surface area contributed by atoms with Crippen LogP contribution in [-0.4, -0.2) is 36.2 Å². The lowest BCUT2D eigenvalue weighted by atomic mass is 9.99. The highest BCUT2D eigenvalue weighted by atomic mass is 16.3. The second-order valence-electron chi connectivity index (χ2n) is 5.38. The van der Waals surface area contributed by atoms with Crippen molar-refractivity contribution in [3.8, 4) is 0 Å². The maximum absolute atomic E-state index is 9.05. The Kier molecular flexibility index (Phi) is 7.06. The summed E-state index contributed by atoms with van der Waals surface area (Å²) >= 11 is 0. The van der Waals surface area contributed by atoms with Crippen LogP contribution < -0.4 is 5.73 Å². The second-order valence-corrected chi connectivity index (χ2v) is 5.38. The maximum atomic E-state index is 9.05. The zero-order chi connectivity index (χ0) is 14.3. The fourth-order valence-electron chi connectivity index (χ4n) is 2.51. The standard InChI is InChI=1S/C16H28N2O/c1-4-6-18(8-9-19)7-5-16(17)15-11-13(2)10-14(3)12-15/h10-12,16,19H,4-9,17H2,1-3H3. The SMILES string of the molecule is CCCN(CCO)CCC(N)c1cc(C)cc(C)c1. The van der Waals surface area contributed by atoms with Crippen LogP contribution in [-0.2, 0) is 0 Å². The molecule has 0 aliphatic heterocycles. The summed E-state index contributed by atoms with van der Waals surface area (Å²) in [6.07, 6.45) is 2.04. The van der Waals surface area contributed by atoms with Gasteiger partial charge in [0.05, 0.1) is 6.61 Å². The number of hydrogen-bond acceptors (Lipinski definition) is 3. The first-order valence-electron chi connectivity index (χ1n) is 7.23. The molecule has 0 amide bonds. The molecule has 1 unspecified atom stereocenters. The Morgan fingerprint density at radius 2 is 1.74 bits per heavy atom. The van der Waals surface area contributed by atoms with Gasteiger partial charge in [-0.25, -0.2) is 0 Å². The van der Waals surface area contributed by atoms with Crippen molar-refractivity contribution < 1.29 is 5.11 Å². The minimum atomic E-state index is 0.0802. The van der Waals surface area contributed by atoms with Crippen molar-refractivity contribution in [2.45, 2.75) is 39.7 Å². The largest absolute Gasteiger partial charge is 0.395 e. The van der Waals surface area contributed by atoms with Crippen LogP contribution in [0.3, 0.4) is 0 Å². The van der Waals surface area contributed by atoms with Gasteiger partial charge in [0.2, 0.25) is 0 Å². The van der Waals surface area contributed by atoms with Crippen LogP contribution in [0, 0.1) is 13.8 Å². The first kappa shape index (κ1) is 16.2. The van der Waals surface area contributed by atoms with Gasteiger partial charge in [0.25, 0.3) is 0 Å². The van der Waals surface area contributed by atoms with E-state index in [1.165, 1.54) is 16.7 Å². The molecule has 0 bridgehead atoms. The average Bonchev–Trinajstić information content (AvgIpc) is 2.35. The molecule has 0 fully saturated rings. The van der Waals surface area contributed by atoms with Crippen molar-refractivity contribution in [2.24, 2.45) is 5.73 Å². The summed E-state index contributed by atoms with van der Waals surface area (Å²) in [6, 6.07) is 6.60. The predicted molar refractivity (Wildman–Crippen MR) is 81.3 cm³/mol. The highest BCUT2D eigenvalue weighted by Crippen LogP contribution is 2.18.